The third-order valence-corrected chi connectivity index (χ3v) is 7.33. The van der Waals surface area contributed by atoms with Crippen LogP contribution < -0.4 is 10.2 Å². The number of thioether (sulfide) groups is 1. The van der Waals surface area contributed by atoms with E-state index in [1.165, 1.54) is 47.7 Å². The van der Waals surface area contributed by atoms with Crippen LogP contribution in [0, 0.1) is 0 Å². The van der Waals surface area contributed by atoms with Gasteiger partial charge in [-0.05, 0) is 85.5 Å². The van der Waals surface area contributed by atoms with Crippen LogP contribution in [0.1, 0.15) is 71.8 Å². The summed E-state index contributed by atoms with van der Waals surface area (Å²) in [5.74, 6) is 2.30. The maximum Gasteiger partial charge on any atom is 0.251 e. The highest BCUT2D eigenvalue weighted by molar-refractivity contribution is 7.99. The molecule has 2 aliphatic rings. The Morgan fingerprint density at radius 3 is 2.09 bits per heavy atom. The fourth-order valence-corrected chi connectivity index (χ4v) is 4.73. The number of hydrogen-bond acceptors (Lipinski definition) is 4. The molecule has 5 rings (SSSR count). The van der Waals surface area contributed by atoms with Crippen molar-refractivity contribution in [1.82, 2.24) is 10.3 Å². The van der Waals surface area contributed by atoms with E-state index in [0.717, 1.165) is 17.0 Å². The molecule has 3 aromatic rings. The van der Waals surface area contributed by atoms with Gasteiger partial charge in [0, 0.05) is 58.6 Å². The first-order chi connectivity index (χ1) is 16.1. The minimum Gasteiger partial charge on any atom is -0.348 e. The fourth-order valence-electron chi connectivity index (χ4n) is 4.07. The lowest BCUT2D eigenvalue weighted by atomic mass is 10.1. The lowest BCUT2D eigenvalue weighted by Crippen LogP contribution is -2.22. The summed E-state index contributed by atoms with van der Waals surface area (Å²) in [6.07, 6.45) is 5.04. The molecule has 1 heterocycles. The number of aromatic nitrogens is 1. The van der Waals surface area contributed by atoms with Gasteiger partial charge in [0.25, 0.3) is 5.91 Å². The average molecular weight is 458 g/mol. The third-order valence-electron chi connectivity index (χ3n) is 6.43. The van der Waals surface area contributed by atoms with Gasteiger partial charge in [-0.25, -0.2) is 0 Å². The van der Waals surface area contributed by atoms with Crippen LogP contribution in [0.4, 0.5) is 11.4 Å². The smallest absolute Gasteiger partial charge is 0.251 e. The topological polar surface area (TPSA) is 45.2 Å². The van der Waals surface area contributed by atoms with E-state index in [4.69, 9.17) is 4.98 Å². The van der Waals surface area contributed by atoms with E-state index >= 15 is 0 Å². The van der Waals surface area contributed by atoms with Gasteiger partial charge < -0.3 is 10.2 Å². The molecule has 4 nitrogen and oxygen atoms in total. The maximum absolute atomic E-state index is 12.7. The van der Waals surface area contributed by atoms with Crippen molar-refractivity contribution in [2.24, 2.45) is 0 Å². The minimum atomic E-state index is -0.0489. The highest BCUT2D eigenvalue weighted by atomic mass is 32.2. The predicted octanol–water partition coefficient (Wildman–Crippen LogP) is 6.65. The van der Waals surface area contributed by atoms with Gasteiger partial charge in [-0.3, -0.25) is 9.78 Å². The van der Waals surface area contributed by atoms with Gasteiger partial charge in [-0.1, -0.05) is 19.1 Å². The van der Waals surface area contributed by atoms with Crippen LogP contribution in [0.15, 0.2) is 65.6 Å². The molecule has 1 aromatic heterocycles. The normalized spacial score (nSPS) is 15.3. The molecule has 2 aromatic carbocycles. The number of hydrogen-bond donors (Lipinski definition) is 1. The molecule has 0 aliphatic heterocycles. The van der Waals surface area contributed by atoms with E-state index in [9.17, 15) is 4.79 Å². The first-order valence-corrected chi connectivity index (χ1v) is 12.9. The number of nitrogens with one attached hydrogen (secondary N) is 1. The molecule has 0 bridgehead atoms. The van der Waals surface area contributed by atoms with Crippen LogP contribution in [-0.4, -0.2) is 23.7 Å². The Hall–Kier alpha value is -2.79. The number of amides is 1. The number of carbonyl (C=O) groups excluding carboxylic acids is 1. The summed E-state index contributed by atoms with van der Waals surface area (Å²) in [5.41, 5.74) is 6.55. The van der Waals surface area contributed by atoms with Crippen LogP contribution in [-0.2, 0) is 6.54 Å². The van der Waals surface area contributed by atoms with Crippen LogP contribution in [0.5, 0.6) is 0 Å². The van der Waals surface area contributed by atoms with Gasteiger partial charge in [0.15, 0.2) is 0 Å². The molecule has 0 saturated heterocycles. The lowest BCUT2D eigenvalue weighted by Gasteiger charge is -2.21. The summed E-state index contributed by atoms with van der Waals surface area (Å²) in [6, 6.07) is 20.8. The zero-order chi connectivity index (χ0) is 22.8. The van der Waals surface area contributed by atoms with E-state index in [-0.39, 0.29) is 5.91 Å². The van der Waals surface area contributed by atoms with Gasteiger partial charge in [0.05, 0.1) is 0 Å². The summed E-state index contributed by atoms with van der Waals surface area (Å²) in [5, 5.41) is 3.03. The molecule has 1 amide bonds. The zero-order valence-corrected chi connectivity index (χ0v) is 20.2. The van der Waals surface area contributed by atoms with Gasteiger partial charge in [-0.15, -0.1) is 11.8 Å². The minimum absolute atomic E-state index is 0.0489. The Bertz CT molecular complexity index is 1090. The molecular formula is C28H31N3OS. The van der Waals surface area contributed by atoms with Gasteiger partial charge in [0.1, 0.15) is 0 Å². The molecule has 170 valence electrons. The number of anilines is 2. The molecule has 0 radical (unpaired) electrons. The van der Waals surface area contributed by atoms with E-state index in [1.54, 1.807) is 0 Å². The maximum atomic E-state index is 12.7. The van der Waals surface area contributed by atoms with Crippen molar-refractivity contribution in [1.29, 1.82) is 0 Å². The zero-order valence-electron chi connectivity index (χ0n) is 19.4. The molecule has 2 fully saturated rings. The Kier molecular flexibility index (Phi) is 6.41. The molecule has 2 saturated carbocycles. The van der Waals surface area contributed by atoms with Crippen molar-refractivity contribution in [3.05, 3.63) is 83.2 Å². The molecular weight excluding hydrogens is 426 g/mol. The molecule has 2 aliphatic carbocycles. The molecule has 0 spiro atoms. The molecule has 0 atom stereocenters. The second-order valence-corrected chi connectivity index (χ2v) is 10.4. The van der Waals surface area contributed by atoms with Crippen molar-refractivity contribution >= 4 is 29.0 Å². The SMILES string of the molecule is CCSc1ccc(CNC(=O)c2ccc(N(C)c3cc(C4CC4)nc(C4CC4)c3)cc2)cc1. The van der Waals surface area contributed by atoms with E-state index < -0.39 is 0 Å². The summed E-state index contributed by atoms with van der Waals surface area (Å²) in [6.45, 7) is 2.68. The standard InChI is InChI=1S/C28H31N3OS/c1-3-33-25-14-4-19(5-15-25)18-29-28(32)22-10-12-23(13-11-22)31(2)24-16-26(20-6-7-20)30-27(17-24)21-8-9-21/h4-5,10-17,20-21H,3,6-9,18H2,1-2H3,(H,29,32). The lowest BCUT2D eigenvalue weighted by molar-refractivity contribution is 0.0951. The molecule has 33 heavy (non-hydrogen) atoms. The summed E-state index contributed by atoms with van der Waals surface area (Å²) < 4.78 is 0. The third kappa shape index (κ3) is 5.41. The van der Waals surface area contributed by atoms with E-state index in [2.05, 4.69) is 60.6 Å². The van der Waals surface area contributed by atoms with Gasteiger partial charge in [0.2, 0.25) is 0 Å². The second-order valence-electron chi connectivity index (χ2n) is 9.09. The highest BCUT2D eigenvalue weighted by Crippen LogP contribution is 2.45. The predicted molar refractivity (Wildman–Crippen MR) is 137 cm³/mol. The molecule has 0 unspecified atom stereocenters. The first kappa shape index (κ1) is 22.0. The Balaban J connectivity index is 1.24. The van der Waals surface area contributed by atoms with Crippen molar-refractivity contribution in [3.8, 4) is 0 Å². The monoisotopic (exact) mass is 457 g/mol. The van der Waals surface area contributed by atoms with Crippen molar-refractivity contribution in [2.45, 2.75) is 55.9 Å². The number of pyridine rings is 1. The molecule has 1 N–H and O–H groups in total. The van der Waals surface area contributed by atoms with Crippen LogP contribution in [0.25, 0.3) is 0 Å². The van der Waals surface area contributed by atoms with Crippen molar-refractivity contribution < 1.29 is 4.79 Å². The van der Waals surface area contributed by atoms with Crippen LogP contribution >= 0.6 is 11.8 Å². The van der Waals surface area contributed by atoms with Crippen LogP contribution in [0.2, 0.25) is 0 Å². The number of benzene rings is 2. The Labute approximate surface area is 200 Å². The van der Waals surface area contributed by atoms with Crippen LogP contribution in [0.3, 0.4) is 0 Å². The molecule has 5 heteroatoms. The highest BCUT2D eigenvalue weighted by Gasteiger charge is 2.30. The number of carbonyl (C=O) groups is 1. The van der Waals surface area contributed by atoms with E-state index in [0.29, 0.717) is 23.9 Å². The Morgan fingerprint density at radius 1 is 0.939 bits per heavy atom. The number of rotatable bonds is 9. The fraction of sp³-hybridized carbons (Fsp3) is 0.357. The average Bonchev–Trinajstić information content (AvgIpc) is 3.76. The second kappa shape index (κ2) is 9.60. The van der Waals surface area contributed by atoms with Crippen molar-refractivity contribution in [3.63, 3.8) is 0 Å². The summed E-state index contributed by atoms with van der Waals surface area (Å²) >= 11 is 1.82. The summed E-state index contributed by atoms with van der Waals surface area (Å²) in [7, 11) is 2.10. The van der Waals surface area contributed by atoms with Crippen molar-refractivity contribution in [2.75, 3.05) is 17.7 Å². The Morgan fingerprint density at radius 2 is 1.55 bits per heavy atom. The summed E-state index contributed by atoms with van der Waals surface area (Å²) in [4.78, 5) is 21.1. The quantitative estimate of drug-likeness (QED) is 0.366. The van der Waals surface area contributed by atoms with Gasteiger partial charge in [-0.2, -0.15) is 0 Å². The largest absolute Gasteiger partial charge is 0.348 e. The van der Waals surface area contributed by atoms with Gasteiger partial charge >= 0.3 is 0 Å². The number of nitrogens with zero attached hydrogens (tertiary/aromatic N) is 2. The van der Waals surface area contributed by atoms with E-state index in [1.807, 2.05) is 36.0 Å². The first-order valence-electron chi connectivity index (χ1n) is 12.0.